The van der Waals surface area contributed by atoms with Crippen molar-refractivity contribution in [2.45, 2.75) is 6.42 Å². The molecule has 0 bridgehead atoms. The zero-order valence-electron chi connectivity index (χ0n) is 11.9. The number of hydrogen-bond donors (Lipinski definition) is 0. The van der Waals surface area contributed by atoms with Crippen LogP contribution in [0.2, 0.25) is 0 Å². The summed E-state index contributed by atoms with van der Waals surface area (Å²) in [7, 11) is 0. The lowest BCUT2D eigenvalue weighted by molar-refractivity contribution is -0.128. The molecule has 0 aliphatic carbocycles. The second-order valence-corrected chi connectivity index (χ2v) is 5.15. The normalized spacial score (nSPS) is 15.8. The third kappa shape index (κ3) is 4.49. The molecule has 0 saturated carbocycles. The number of carbonyl (C=O) groups excluding carboxylic acids is 2. The molecule has 0 N–H and O–H groups in total. The fraction of sp³-hybridized carbons (Fsp3) is 0.375. The van der Waals surface area contributed by atoms with Crippen molar-refractivity contribution in [1.82, 2.24) is 9.80 Å². The zero-order valence-corrected chi connectivity index (χ0v) is 11.9. The Bertz CT molecular complexity index is 520. The largest absolute Gasteiger partial charge is 0.337 e. The highest BCUT2D eigenvalue weighted by Gasteiger charge is 2.20. The first-order valence-corrected chi connectivity index (χ1v) is 6.98. The lowest BCUT2D eigenvalue weighted by Crippen LogP contribution is -2.49. The van der Waals surface area contributed by atoms with Crippen LogP contribution in [-0.4, -0.2) is 54.2 Å². The quantitative estimate of drug-likeness (QED) is 0.767. The number of amides is 1. The first kappa shape index (κ1) is 15.4. The van der Waals surface area contributed by atoms with Crippen molar-refractivity contribution in [1.29, 1.82) is 0 Å². The van der Waals surface area contributed by atoms with Gasteiger partial charge in [0.1, 0.15) is 5.82 Å². The number of hydrogen-bond acceptors (Lipinski definition) is 3. The Kier molecular flexibility index (Phi) is 5.22. The van der Waals surface area contributed by atoms with Gasteiger partial charge < -0.3 is 4.90 Å². The van der Waals surface area contributed by atoms with E-state index in [0.717, 1.165) is 5.56 Å². The molecule has 1 aliphatic heterocycles. The van der Waals surface area contributed by atoms with E-state index >= 15 is 0 Å². The van der Waals surface area contributed by atoms with Gasteiger partial charge in [-0.05, 0) is 23.8 Å². The standard InChI is InChI=1S/C16H19FN2O2/c1-2-16(21)19-9-7-18(8-10-19)12-15(20)11-13-3-5-14(17)6-4-13/h2-6H,1,7-12H2. The minimum Gasteiger partial charge on any atom is -0.337 e. The molecule has 1 fully saturated rings. The van der Waals surface area contributed by atoms with Crippen LogP contribution in [0.4, 0.5) is 4.39 Å². The van der Waals surface area contributed by atoms with E-state index in [1.165, 1.54) is 18.2 Å². The lowest BCUT2D eigenvalue weighted by Gasteiger charge is -2.33. The zero-order chi connectivity index (χ0) is 15.2. The van der Waals surface area contributed by atoms with E-state index in [1.807, 2.05) is 4.90 Å². The molecule has 0 spiro atoms. The maximum absolute atomic E-state index is 12.8. The molecule has 1 heterocycles. The number of rotatable bonds is 5. The van der Waals surface area contributed by atoms with Crippen LogP contribution in [0, 0.1) is 5.82 Å². The van der Waals surface area contributed by atoms with Crippen LogP contribution in [0.15, 0.2) is 36.9 Å². The molecule has 21 heavy (non-hydrogen) atoms. The van der Waals surface area contributed by atoms with Crippen LogP contribution in [0.1, 0.15) is 5.56 Å². The van der Waals surface area contributed by atoms with Crippen molar-refractivity contribution in [3.63, 3.8) is 0 Å². The predicted octanol–water partition coefficient (Wildman–Crippen LogP) is 1.27. The summed E-state index contributed by atoms with van der Waals surface area (Å²) in [5, 5.41) is 0. The van der Waals surface area contributed by atoms with E-state index in [1.54, 1.807) is 17.0 Å². The van der Waals surface area contributed by atoms with Gasteiger partial charge in [-0.2, -0.15) is 0 Å². The summed E-state index contributed by atoms with van der Waals surface area (Å²) in [6.07, 6.45) is 1.63. The molecule has 0 unspecified atom stereocenters. The predicted molar refractivity (Wildman–Crippen MR) is 78.3 cm³/mol. The van der Waals surface area contributed by atoms with Crippen LogP contribution < -0.4 is 0 Å². The van der Waals surface area contributed by atoms with E-state index in [9.17, 15) is 14.0 Å². The Hall–Kier alpha value is -2.01. The summed E-state index contributed by atoms with van der Waals surface area (Å²) >= 11 is 0. The Morgan fingerprint density at radius 3 is 2.33 bits per heavy atom. The van der Waals surface area contributed by atoms with Crippen LogP contribution >= 0.6 is 0 Å². The number of Topliss-reactive ketones (excluding diaryl/α,β-unsaturated/α-hetero) is 1. The molecule has 1 aromatic rings. The number of ketones is 1. The summed E-state index contributed by atoms with van der Waals surface area (Å²) in [6, 6.07) is 5.99. The molecule has 1 amide bonds. The maximum Gasteiger partial charge on any atom is 0.246 e. The summed E-state index contributed by atoms with van der Waals surface area (Å²) < 4.78 is 12.8. The SMILES string of the molecule is C=CC(=O)N1CCN(CC(=O)Cc2ccc(F)cc2)CC1. The molecule has 4 nitrogen and oxygen atoms in total. The molecular formula is C16H19FN2O2. The molecule has 0 radical (unpaired) electrons. The van der Waals surface area contributed by atoms with E-state index in [4.69, 9.17) is 0 Å². The molecular weight excluding hydrogens is 271 g/mol. The summed E-state index contributed by atoms with van der Waals surface area (Å²) in [5.74, 6) is -0.258. The first-order chi connectivity index (χ1) is 10.1. The molecule has 2 rings (SSSR count). The highest BCUT2D eigenvalue weighted by Crippen LogP contribution is 2.06. The lowest BCUT2D eigenvalue weighted by atomic mass is 10.1. The van der Waals surface area contributed by atoms with Crippen LogP contribution in [0.5, 0.6) is 0 Å². The van der Waals surface area contributed by atoms with Crippen molar-refractivity contribution in [3.8, 4) is 0 Å². The maximum atomic E-state index is 12.8. The summed E-state index contributed by atoms with van der Waals surface area (Å²) in [6.45, 7) is 6.46. The summed E-state index contributed by atoms with van der Waals surface area (Å²) in [5.41, 5.74) is 0.821. The minimum absolute atomic E-state index is 0.0627. The van der Waals surface area contributed by atoms with E-state index < -0.39 is 0 Å². The van der Waals surface area contributed by atoms with Crippen molar-refractivity contribution in [2.24, 2.45) is 0 Å². The molecule has 0 atom stereocenters. The molecule has 1 aromatic carbocycles. The van der Waals surface area contributed by atoms with Gasteiger partial charge in [0.25, 0.3) is 0 Å². The van der Waals surface area contributed by atoms with Gasteiger partial charge in [-0.15, -0.1) is 0 Å². The Morgan fingerprint density at radius 1 is 1.14 bits per heavy atom. The van der Waals surface area contributed by atoms with Crippen molar-refractivity contribution in [2.75, 3.05) is 32.7 Å². The molecule has 1 saturated heterocycles. The summed E-state index contributed by atoms with van der Waals surface area (Å²) in [4.78, 5) is 27.2. The second-order valence-electron chi connectivity index (χ2n) is 5.15. The smallest absolute Gasteiger partial charge is 0.246 e. The van der Waals surface area contributed by atoms with Crippen LogP contribution in [0.25, 0.3) is 0 Å². The van der Waals surface area contributed by atoms with Gasteiger partial charge in [0.2, 0.25) is 5.91 Å². The first-order valence-electron chi connectivity index (χ1n) is 6.98. The van der Waals surface area contributed by atoms with Crippen molar-refractivity contribution in [3.05, 3.63) is 48.3 Å². The third-order valence-electron chi connectivity index (χ3n) is 3.57. The van der Waals surface area contributed by atoms with Gasteiger partial charge in [0.05, 0.1) is 6.54 Å². The average Bonchev–Trinajstić information content (AvgIpc) is 2.49. The van der Waals surface area contributed by atoms with Crippen molar-refractivity contribution >= 4 is 11.7 Å². The Morgan fingerprint density at radius 2 is 1.76 bits per heavy atom. The Labute approximate surface area is 123 Å². The van der Waals surface area contributed by atoms with E-state index in [0.29, 0.717) is 39.1 Å². The third-order valence-corrected chi connectivity index (χ3v) is 3.57. The molecule has 112 valence electrons. The van der Waals surface area contributed by atoms with E-state index in [-0.39, 0.29) is 17.5 Å². The Balaban J connectivity index is 1.78. The number of piperazine rings is 1. The van der Waals surface area contributed by atoms with Gasteiger partial charge >= 0.3 is 0 Å². The van der Waals surface area contributed by atoms with Crippen LogP contribution in [0.3, 0.4) is 0 Å². The number of halogens is 1. The van der Waals surface area contributed by atoms with Gasteiger partial charge in [0, 0.05) is 32.6 Å². The molecule has 1 aliphatic rings. The van der Waals surface area contributed by atoms with Gasteiger partial charge in [-0.3, -0.25) is 14.5 Å². The van der Waals surface area contributed by atoms with Crippen molar-refractivity contribution < 1.29 is 14.0 Å². The fourth-order valence-corrected chi connectivity index (χ4v) is 2.39. The highest BCUT2D eigenvalue weighted by atomic mass is 19.1. The van der Waals surface area contributed by atoms with Gasteiger partial charge in [0.15, 0.2) is 5.78 Å². The number of benzene rings is 1. The van der Waals surface area contributed by atoms with Gasteiger partial charge in [-0.1, -0.05) is 18.7 Å². The molecule has 0 aromatic heterocycles. The number of carbonyl (C=O) groups is 2. The topological polar surface area (TPSA) is 40.6 Å². The average molecular weight is 290 g/mol. The fourth-order valence-electron chi connectivity index (χ4n) is 2.39. The number of nitrogens with zero attached hydrogens (tertiary/aromatic N) is 2. The van der Waals surface area contributed by atoms with Crippen LogP contribution in [-0.2, 0) is 16.0 Å². The highest BCUT2D eigenvalue weighted by molar-refractivity contribution is 5.87. The second kappa shape index (κ2) is 7.13. The monoisotopic (exact) mass is 290 g/mol. The molecule has 5 heteroatoms. The van der Waals surface area contributed by atoms with Gasteiger partial charge in [-0.25, -0.2) is 4.39 Å². The minimum atomic E-state index is -0.297. The van der Waals surface area contributed by atoms with E-state index in [2.05, 4.69) is 6.58 Å².